The van der Waals surface area contributed by atoms with E-state index < -0.39 is 12.2 Å². The smallest absolute Gasteiger partial charge is 0.0886 e. The molecule has 0 fully saturated rings. The Balaban J connectivity index is 3.30. The number of hydrogen-bond acceptors (Lipinski definition) is 3. The number of aliphatic hydroxyl groups excluding tert-OH is 2. The molecule has 2 N–H and O–H groups in total. The highest BCUT2D eigenvalue weighted by Crippen LogP contribution is 2.11. The van der Waals surface area contributed by atoms with E-state index in [9.17, 15) is 0 Å². The third kappa shape index (κ3) is 5.09. The molecule has 0 spiro atoms. The van der Waals surface area contributed by atoms with Crippen molar-refractivity contribution < 1.29 is 10.2 Å². The number of thioether (sulfide) groups is 1. The average molecular weight is 164 g/mol. The zero-order valence-corrected chi connectivity index (χ0v) is 7.56. The lowest BCUT2D eigenvalue weighted by molar-refractivity contribution is 0.0468. The van der Waals surface area contributed by atoms with Crippen molar-refractivity contribution in [3.63, 3.8) is 0 Å². The van der Waals surface area contributed by atoms with Gasteiger partial charge in [-0.25, -0.2) is 0 Å². The largest absolute Gasteiger partial charge is 0.391 e. The van der Waals surface area contributed by atoms with Crippen LogP contribution in [0.3, 0.4) is 0 Å². The molecule has 10 heavy (non-hydrogen) atoms. The van der Waals surface area contributed by atoms with Crippen LogP contribution in [0.4, 0.5) is 0 Å². The van der Waals surface area contributed by atoms with E-state index in [0.717, 1.165) is 0 Å². The Bertz CT molecular complexity index is 83.7. The van der Waals surface area contributed by atoms with E-state index in [1.54, 1.807) is 18.7 Å². The normalized spacial score (nSPS) is 17.4. The summed E-state index contributed by atoms with van der Waals surface area (Å²) < 4.78 is 0. The summed E-state index contributed by atoms with van der Waals surface area (Å²) in [6, 6.07) is 0. The van der Waals surface area contributed by atoms with Crippen LogP contribution >= 0.6 is 11.8 Å². The molecule has 0 radical (unpaired) electrons. The molecule has 0 heterocycles. The van der Waals surface area contributed by atoms with Crippen molar-refractivity contribution in [2.45, 2.75) is 38.2 Å². The summed E-state index contributed by atoms with van der Waals surface area (Å²) in [6.07, 6.45) is -1.18. The average Bonchev–Trinajstić information content (AvgIpc) is 1.82. The molecule has 3 heteroatoms. The highest BCUT2D eigenvalue weighted by Gasteiger charge is 2.10. The minimum atomic E-state index is -0.605. The molecule has 0 saturated heterocycles. The first-order valence-electron chi connectivity index (χ1n) is 3.51. The standard InChI is InChI=1S/C7H16O2S/c1-5(2)10-4-7(9)6(3)8/h5-9H,4H2,1-3H3. The van der Waals surface area contributed by atoms with Crippen molar-refractivity contribution in [2.24, 2.45) is 0 Å². The topological polar surface area (TPSA) is 40.5 Å². The Hall–Kier alpha value is 0.270. The van der Waals surface area contributed by atoms with E-state index in [1.165, 1.54) is 0 Å². The van der Waals surface area contributed by atoms with Gasteiger partial charge in [0.2, 0.25) is 0 Å². The van der Waals surface area contributed by atoms with Gasteiger partial charge in [-0.05, 0) is 12.2 Å². The van der Waals surface area contributed by atoms with Gasteiger partial charge < -0.3 is 10.2 Å². The fourth-order valence-corrected chi connectivity index (χ4v) is 1.29. The monoisotopic (exact) mass is 164 g/mol. The summed E-state index contributed by atoms with van der Waals surface area (Å²) >= 11 is 1.66. The molecule has 0 amide bonds. The second-order valence-corrected chi connectivity index (χ2v) is 4.30. The predicted molar refractivity (Wildman–Crippen MR) is 45.3 cm³/mol. The fraction of sp³-hybridized carbons (Fsp3) is 1.00. The van der Waals surface area contributed by atoms with Crippen molar-refractivity contribution in [3.8, 4) is 0 Å². The first-order valence-corrected chi connectivity index (χ1v) is 4.56. The van der Waals surface area contributed by atoms with Crippen molar-refractivity contribution in [1.82, 2.24) is 0 Å². The third-order valence-corrected chi connectivity index (χ3v) is 2.36. The second kappa shape index (κ2) is 4.99. The second-order valence-electron chi connectivity index (χ2n) is 2.69. The molecule has 0 aromatic carbocycles. The lowest BCUT2D eigenvalue weighted by Gasteiger charge is -2.13. The van der Waals surface area contributed by atoms with Gasteiger partial charge in [-0.3, -0.25) is 0 Å². The van der Waals surface area contributed by atoms with E-state index in [1.807, 2.05) is 0 Å². The van der Waals surface area contributed by atoms with Crippen LogP contribution in [0.1, 0.15) is 20.8 Å². The third-order valence-electron chi connectivity index (χ3n) is 1.16. The van der Waals surface area contributed by atoms with Crippen molar-refractivity contribution in [3.05, 3.63) is 0 Å². The molecule has 0 rings (SSSR count). The van der Waals surface area contributed by atoms with Gasteiger partial charge in [0.15, 0.2) is 0 Å². The van der Waals surface area contributed by atoms with Gasteiger partial charge in [0, 0.05) is 5.75 Å². The molecule has 0 aliphatic carbocycles. The first kappa shape index (κ1) is 10.3. The van der Waals surface area contributed by atoms with Crippen molar-refractivity contribution in [1.29, 1.82) is 0 Å². The Morgan fingerprint density at radius 2 is 1.70 bits per heavy atom. The minimum absolute atomic E-state index is 0.522. The zero-order chi connectivity index (χ0) is 8.15. The van der Waals surface area contributed by atoms with Gasteiger partial charge in [0.05, 0.1) is 12.2 Å². The maximum atomic E-state index is 9.10. The number of rotatable bonds is 4. The van der Waals surface area contributed by atoms with Gasteiger partial charge in [-0.2, -0.15) is 11.8 Å². The van der Waals surface area contributed by atoms with Gasteiger partial charge in [0.1, 0.15) is 0 Å². The summed E-state index contributed by atoms with van der Waals surface area (Å²) in [5.41, 5.74) is 0. The zero-order valence-electron chi connectivity index (χ0n) is 6.74. The summed E-state index contributed by atoms with van der Waals surface area (Å²) in [6.45, 7) is 5.74. The highest BCUT2D eigenvalue weighted by molar-refractivity contribution is 7.99. The van der Waals surface area contributed by atoms with E-state index in [-0.39, 0.29) is 0 Å². The van der Waals surface area contributed by atoms with Crippen molar-refractivity contribution >= 4 is 11.8 Å². The Kier molecular flexibility index (Phi) is 5.13. The van der Waals surface area contributed by atoms with Gasteiger partial charge in [-0.1, -0.05) is 13.8 Å². The Morgan fingerprint density at radius 3 is 2.00 bits per heavy atom. The molecule has 62 valence electrons. The quantitative estimate of drug-likeness (QED) is 0.647. The molecular formula is C7H16O2S. The van der Waals surface area contributed by atoms with E-state index in [4.69, 9.17) is 10.2 Å². The maximum absolute atomic E-state index is 9.10. The summed E-state index contributed by atoms with van der Waals surface area (Å²) in [5.74, 6) is 0.620. The van der Waals surface area contributed by atoms with Crippen LogP contribution in [0.5, 0.6) is 0 Å². The van der Waals surface area contributed by atoms with Crippen LogP contribution in [0.25, 0.3) is 0 Å². The molecule has 0 aromatic heterocycles. The lowest BCUT2D eigenvalue weighted by Crippen LogP contribution is -2.25. The van der Waals surface area contributed by atoms with E-state index in [2.05, 4.69) is 13.8 Å². The van der Waals surface area contributed by atoms with Crippen LogP contribution in [0.2, 0.25) is 0 Å². The summed E-state index contributed by atoms with van der Waals surface area (Å²) in [4.78, 5) is 0. The molecule has 2 atom stereocenters. The summed E-state index contributed by atoms with van der Waals surface area (Å²) in [7, 11) is 0. The molecule has 2 unspecified atom stereocenters. The molecule has 0 aromatic rings. The van der Waals surface area contributed by atoms with Gasteiger partial charge >= 0.3 is 0 Å². The number of aliphatic hydroxyl groups is 2. The van der Waals surface area contributed by atoms with E-state index in [0.29, 0.717) is 11.0 Å². The van der Waals surface area contributed by atoms with Crippen LogP contribution in [0.15, 0.2) is 0 Å². The molecular weight excluding hydrogens is 148 g/mol. The molecule has 0 aliphatic rings. The fourth-order valence-electron chi connectivity index (χ4n) is 0.430. The van der Waals surface area contributed by atoms with Gasteiger partial charge in [0.25, 0.3) is 0 Å². The minimum Gasteiger partial charge on any atom is -0.391 e. The lowest BCUT2D eigenvalue weighted by atomic mass is 10.3. The summed E-state index contributed by atoms with van der Waals surface area (Å²) in [5, 5.41) is 18.5. The van der Waals surface area contributed by atoms with Crippen molar-refractivity contribution in [2.75, 3.05) is 5.75 Å². The maximum Gasteiger partial charge on any atom is 0.0886 e. The Labute approximate surface area is 66.6 Å². The SMILES string of the molecule is CC(C)SCC(O)C(C)O. The van der Waals surface area contributed by atoms with Gasteiger partial charge in [-0.15, -0.1) is 0 Å². The Morgan fingerprint density at radius 1 is 1.20 bits per heavy atom. The molecule has 0 bridgehead atoms. The van der Waals surface area contributed by atoms with Crippen LogP contribution < -0.4 is 0 Å². The van der Waals surface area contributed by atoms with Crippen LogP contribution in [0, 0.1) is 0 Å². The van der Waals surface area contributed by atoms with E-state index >= 15 is 0 Å². The highest BCUT2D eigenvalue weighted by atomic mass is 32.2. The number of hydrogen-bond donors (Lipinski definition) is 2. The molecule has 0 aliphatic heterocycles. The molecule has 0 saturated carbocycles. The predicted octanol–water partition coefficient (Wildman–Crippen LogP) is 0.870. The van der Waals surface area contributed by atoms with Crippen LogP contribution in [-0.4, -0.2) is 33.4 Å². The molecule has 2 nitrogen and oxygen atoms in total. The van der Waals surface area contributed by atoms with Crippen LogP contribution in [-0.2, 0) is 0 Å². The first-order chi connectivity index (χ1) is 4.54.